The Labute approximate surface area is 175 Å². The number of carbonyl (C=O) groups is 1. The lowest BCUT2D eigenvalue weighted by Crippen LogP contribution is -2.05. The third kappa shape index (κ3) is 23.2. The van der Waals surface area contributed by atoms with E-state index >= 15 is 0 Å². The summed E-state index contributed by atoms with van der Waals surface area (Å²) in [6.07, 6.45) is 32.2. The van der Waals surface area contributed by atoms with Crippen molar-refractivity contribution in [2.75, 3.05) is 0 Å². The van der Waals surface area contributed by atoms with E-state index in [1.54, 1.807) is 0 Å². The minimum atomic E-state index is -0.465. The Kier molecular flexibility index (Phi) is 23.5. The van der Waals surface area contributed by atoms with Gasteiger partial charge in [-0.15, -0.1) is 0 Å². The van der Waals surface area contributed by atoms with Gasteiger partial charge in [0.2, 0.25) is 0 Å². The molecule has 0 aromatic carbocycles. The monoisotopic (exact) mass is 395 g/mol. The summed E-state index contributed by atoms with van der Waals surface area (Å²) in [7, 11) is 0. The van der Waals surface area contributed by atoms with Crippen molar-refractivity contribution in [2.45, 2.75) is 142 Å². The van der Waals surface area contributed by atoms with Crippen LogP contribution in [0.5, 0.6) is 0 Å². The second-order valence-electron chi connectivity index (χ2n) is 8.35. The lowest BCUT2D eigenvalue weighted by Gasteiger charge is -2.04. The van der Waals surface area contributed by atoms with Crippen LogP contribution in [-0.2, 0) is 9.63 Å². The maximum Gasteiger partial charge on any atom is 0.348 e. The molecule has 3 heteroatoms. The Balaban J connectivity index is 3.05. The normalized spacial score (nSPS) is 11.4. The van der Waals surface area contributed by atoms with Crippen LogP contribution in [0.25, 0.3) is 0 Å². The summed E-state index contributed by atoms with van der Waals surface area (Å²) in [6.45, 7) is 2.29. The molecule has 0 fully saturated rings. The number of rotatable bonds is 22. The lowest BCUT2D eigenvalue weighted by molar-refractivity contribution is -0.138. The zero-order valence-electron chi connectivity index (χ0n) is 18.9. The van der Waals surface area contributed by atoms with Crippen LogP contribution in [0.4, 0.5) is 0 Å². The smallest absolute Gasteiger partial charge is 0.348 e. The van der Waals surface area contributed by atoms with E-state index in [4.69, 9.17) is 5.90 Å². The van der Waals surface area contributed by atoms with Gasteiger partial charge in [0.05, 0.1) is 0 Å². The van der Waals surface area contributed by atoms with E-state index in [9.17, 15) is 4.79 Å². The predicted molar refractivity (Wildman–Crippen MR) is 122 cm³/mol. The molecule has 0 spiro atoms. The first kappa shape index (κ1) is 27.2. The first-order chi connectivity index (χ1) is 13.8. The number of hydrogen-bond donors (Lipinski definition) is 1. The molecule has 0 aliphatic heterocycles. The molecule has 0 unspecified atom stereocenters. The molecule has 0 saturated heterocycles. The highest BCUT2D eigenvalue weighted by Crippen LogP contribution is 2.15. The molecule has 0 radical (unpaired) electrons. The standard InChI is InChI=1S/C25H49NO2/c1-2-3-4-5-6-7-8-9-10-11-12-13-14-15-16-17-18-19-20-21-22-23-24-25(27)28-26/h23-24H,2-22,26H2,1H3/b24-23+. The highest BCUT2D eigenvalue weighted by atomic mass is 16.7. The Morgan fingerprint density at radius 2 is 0.929 bits per heavy atom. The van der Waals surface area contributed by atoms with Gasteiger partial charge in [-0.2, -0.15) is 5.90 Å². The van der Waals surface area contributed by atoms with Crippen molar-refractivity contribution >= 4 is 5.97 Å². The fourth-order valence-corrected chi connectivity index (χ4v) is 3.74. The molecule has 0 aromatic rings. The van der Waals surface area contributed by atoms with Crippen molar-refractivity contribution in [2.24, 2.45) is 5.90 Å². The van der Waals surface area contributed by atoms with Crippen molar-refractivity contribution in [1.29, 1.82) is 0 Å². The highest BCUT2D eigenvalue weighted by Gasteiger charge is 1.95. The summed E-state index contributed by atoms with van der Waals surface area (Å²) in [4.78, 5) is 14.9. The summed E-state index contributed by atoms with van der Waals surface area (Å²) >= 11 is 0. The minimum Gasteiger partial charge on any atom is -0.370 e. The quantitative estimate of drug-likeness (QED) is 0.114. The maximum atomic E-state index is 10.8. The average molecular weight is 396 g/mol. The van der Waals surface area contributed by atoms with E-state index in [1.165, 1.54) is 128 Å². The molecule has 0 aromatic heterocycles. The van der Waals surface area contributed by atoms with Gasteiger partial charge in [0.1, 0.15) is 0 Å². The molecule has 0 aliphatic carbocycles. The number of unbranched alkanes of at least 4 members (excludes halogenated alkanes) is 20. The topological polar surface area (TPSA) is 52.3 Å². The molecular weight excluding hydrogens is 346 g/mol. The van der Waals surface area contributed by atoms with Gasteiger partial charge in [0.25, 0.3) is 0 Å². The van der Waals surface area contributed by atoms with Crippen LogP contribution in [0.2, 0.25) is 0 Å². The second-order valence-corrected chi connectivity index (χ2v) is 8.35. The number of hydrogen-bond acceptors (Lipinski definition) is 3. The Hall–Kier alpha value is -0.830. The van der Waals surface area contributed by atoms with E-state index in [0.717, 1.165) is 12.8 Å². The Morgan fingerprint density at radius 3 is 1.25 bits per heavy atom. The zero-order valence-corrected chi connectivity index (χ0v) is 18.9. The van der Waals surface area contributed by atoms with Gasteiger partial charge in [-0.05, 0) is 12.8 Å². The van der Waals surface area contributed by atoms with Gasteiger partial charge < -0.3 is 4.84 Å². The summed E-state index contributed by atoms with van der Waals surface area (Å²) in [5, 5.41) is 0. The van der Waals surface area contributed by atoms with Crippen LogP contribution in [0.1, 0.15) is 142 Å². The average Bonchev–Trinajstić information content (AvgIpc) is 2.71. The van der Waals surface area contributed by atoms with E-state index in [0.29, 0.717) is 0 Å². The summed E-state index contributed by atoms with van der Waals surface area (Å²) in [5.74, 6) is 4.30. The van der Waals surface area contributed by atoms with Crippen molar-refractivity contribution < 1.29 is 9.63 Å². The number of allylic oxidation sites excluding steroid dienone is 1. The van der Waals surface area contributed by atoms with Crippen LogP contribution >= 0.6 is 0 Å². The first-order valence-electron chi connectivity index (χ1n) is 12.4. The number of nitrogens with two attached hydrogens (primary N) is 1. The lowest BCUT2D eigenvalue weighted by atomic mass is 10.0. The van der Waals surface area contributed by atoms with Gasteiger partial charge in [-0.3, -0.25) is 0 Å². The predicted octanol–water partition coefficient (Wildman–Crippen LogP) is 8.17. The maximum absolute atomic E-state index is 10.8. The van der Waals surface area contributed by atoms with Gasteiger partial charge in [0.15, 0.2) is 0 Å². The largest absolute Gasteiger partial charge is 0.370 e. The van der Waals surface area contributed by atoms with Gasteiger partial charge in [-0.1, -0.05) is 135 Å². The fourth-order valence-electron chi connectivity index (χ4n) is 3.74. The zero-order chi connectivity index (χ0) is 20.5. The van der Waals surface area contributed by atoms with E-state index in [2.05, 4.69) is 11.8 Å². The first-order valence-corrected chi connectivity index (χ1v) is 12.4. The Bertz CT molecular complexity index is 341. The molecule has 3 nitrogen and oxygen atoms in total. The molecular formula is C25H49NO2. The van der Waals surface area contributed by atoms with Crippen molar-refractivity contribution in [3.05, 3.63) is 12.2 Å². The van der Waals surface area contributed by atoms with Gasteiger partial charge in [-0.25, -0.2) is 4.79 Å². The Morgan fingerprint density at radius 1 is 0.607 bits per heavy atom. The van der Waals surface area contributed by atoms with E-state index < -0.39 is 5.97 Å². The second kappa shape index (κ2) is 24.2. The molecule has 0 amide bonds. The third-order valence-electron chi connectivity index (χ3n) is 5.59. The molecule has 28 heavy (non-hydrogen) atoms. The van der Waals surface area contributed by atoms with Crippen LogP contribution in [0.15, 0.2) is 12.2 Å². The summed E-state index contributed by atoms with van der Waals surface area (Å²) in [6, 6.07) is 0. The van der Waals surface area contributed by atoms with Crippen molar-refractivity contribution in [3.63, 3.8) is 0 Å². The highest BCUT2D eigenvalue weighted by molar-refractivity contribution is 5.81. The SMILES string of the molecule is CCCCCCCCCCCCCCCCCCCCCC/C=C/C(=O)ON. The fraction of sp³-hybridized carbons (Fsp3) is 0.880. The molecule has 0 heterocycles. The molecule has 0 bridgehead atoms. The molecule has 0 saturated carbocycles. The van der Waals surface area contributed by atoms with Crippen molar-refractivity contribution in [1.82, 2.24) is 0 Å². The third-order valence-corrected chi connectivity index (χ3v) is 5.59. The van der Waals surface area contributed by atoms with Crippen molar-refractivity contribution in [3.8, 4) is 0 Å². The molecule has 2 N–H and O–H groups in total. The molecule has 0 aliphatic rings. The van der Waals surface area contributed by atoms with E-state index in [1.807, 2.05) is 6.08 Å². The van der Waals surface area contributed by atoms with Gasteiger partial charge in [0, 0.05) is 6.08 Å². The summed E-state index contributed by atoms with van der Waals surface area (Å²) < 4.78 is 0. The van der Waals surface area contributed by atoms with Crippen LogP contribution in [0.3, 0.4) is 0 Å². The van der Waals surface area contributed by atoms with Crippen LogP contribution in [0, 0.1) is 0 Å². The summed E-state index contributed by atoms with van der Waals surface area (Å²) in [5.41, 5.74) is 0. The molecule has 166 valence electrons. The van der Waals surface area contributed by atoms with Gasteiger partial charge >= 0.3 is 5.97 Å². The number of carbonyl (C=O) groups excluding carboxylic acids is 1. The van der Waals surface area contributed by atoms with Crippen LogP contribution < -0.4 is 5.90 Å². The van der Waals surface area contributed by atoms with E-state index in [-0.39, 0.29) is 0 Å². The minimum absolute atomic E-state index is 0.465. The van der Waals surface area contributed by atoms with Crippen LogP contribution in [-0.4, -0.2) is 5.97 Å². The molecule has 0 atom stereocenters. The molecule has 0 rings (SSSR count).